The fourth-order valence-corrected chi connectivity index (χ4v) is 4.36. The van der Waals surface area contributed by atoms with Crippen molar-refractivity contribution in [1.29, 1.82) is 0 Å². The van der Waals surface area contributed by atoms with Crippen molar-refractivity contribution in [2.24, 2.45) is 0 Å². The summed E-state index contributed by atoms with van der Waals surface area (Å²) in [4.78, 5) is 0. The summed E-state index contributed by atoms with van der Waals surface area (Å²) < 4.78 is 1.05. The zero-order valence-corrected chi connectivity index (χ0v) is 15.0. The van der Waals surface area contributed by atoms with Crippen LogP contribution in [0.5, 0.6) is 0 Å². The molecule has 2 aromatic carbocycles. The molecule has 1 N–H and O–H groups in total. The van der Waals surface area contributed by atoms with Crippen molar-refractivity contribution in [3.05, 3.63) is 59.7 Å². The molecule has 1 aliphatic heterocycles. The van der Waals surface area contributed by atoms with E-state index in [1.807, 2.05) is 36.4 Å². The highest BCUT2D eigenvalue weighted by Crippen LogP contribution is 2.48. The number of likely N-dealkylation sites (tertiary alicyclic amines) is 1. The maximum atomic E-state index is 11.5. The molecule has 1 aliphatic carbocycles. The third-order valence-electron chi connectivity index (χ3n) is 5.86. The Morgan fingerprint density at radius 3 is 2.04 bits per heavy atom. The van der Waals surface area contributed by atoms with Gasteiger partial charge in [0.15, 0.2) is 0 Å². The maximum Gasteiger partial charge on any atom is 0.140 e. The Balaban J connectivity index is 1.59. The van der Waals surface area contributed by atoms with Crippen molar-refractivity contribution in [2.75, 3.05) is 26.7 Å². The van der Waals surface area contributed by atoms with E-state index < -0.39 is 5.60 Å². The lowest BCUT2D eigenvalue weighted by Gasteiger charge is -2.36. The molecule has 0 unspecified atom stereocenters. The topological polar surface area (TPSA) is 20.2 Å². The van der Waals surface area contributed by atoms with Gasteiger partial charge >= 0.3 is 0 Å². The molecular weight excluding hydrogens is 306 g/mol. The molecule has 2 nitrogen and oxygen atoms in total. The highest BCUT2D eigenvalue weighted by atomic mass is 16.3. The number of fused-ring (bicyclic) bond motifs is 3. The lowest BCUT2D eigenvalue weighted by molar-refractivity contribution is -0.907. The van der Waals surface area contributed by atoms with Crippen LogP contribution in [0.1, 0.15) is 36.8 Å². The van der Waals surface area contributed by atoms with Gasteiger partial charge in [-0.05, 0) is 47.4 Å². The van der Waals surface area contributed by atoms with Gasteiger partial charge in [-0.1, -0.05) is 54.5 Å². The highest BCUT2D eigenvalue weighted by molar-refractivity contribution is 5.80. The minimum atomic E-state index is -0.985. The van der Waals surface area contributed by atoms with E-state index >= 15 is 0 Å². The first kappa shape index (κ1) is 16.4. The van der Waals surface area contributed by atoms with E-state index in [1.54, 1.807) is 0 Å². The number of quaternary nitrogens is 1. The molecule has 0 bridgehead atoms. The molecule has 2 aliphatic rings. The van der Waals surface area contributed by atoms with Crippen LogP contribution in [0.3, 0.4) is 0 Å². The summed E-state index contributed by atoms with van der Waals surface area (Å²) >= 11 is 0. The van der Waals surface area contributed by atoms with Crippen molar-refractivity contribution in [1.82, 2.24) is 0 Å². The van der Waals surface area contributed by atoms with Crippen molar-refractivity contribution in [3.8, 4) is 23.0 Å². The third kappa shape index (κ3) is 2.88. The van der Waals surface area contributed by atoms with Gasteiger partial charge in [-0.2, -0.15) is 0 Å². The lowest BCUT2D eigenvalue weighted by Crippen LogP contribution is -2.48. The summed E-state index contributed by atoms with van der Waals surface area (Å²) in [5.74, 6) is 6.68. The molecule has 0 aromatic heterocycles. The molecular formula is C23H26NO+. The number of aliphatic hydroxyl groups is 1. The van der Waals surface area contributed by atoms with E-state index in [-0.39, 0.29) is 0 Å². The van der Waals surface area contributed by atoms with Gasteiger partial charge in [-0.3, -0.25) is 0 Å². The normalized spacial score (nSPS) is 19.4. The Labute approximate surface area is 150 Å². The van der Waals surface area contributed by atoms with Crippen LogP contribution >= 0.6 is 0 Å². The number of piperidine rings is 1. The van der Waals surface area contributed by atoms with Crippen molar-refractivity contribution in [2.45, 2.75) is 31.3 Å². The van der Waals surface area contributed by atoms with Crippen LogP contribution < -0.4 is 0 Å². The number of nitrogens with zero attached hydrogens (tertiary/aromatic N) is 1. The van der Waals surface area contributed by atoms with Crippen LogP contribution in [0.25, 0.3) is 11.1 Å². The third-order valence-corrected chi connectivity index (χ3v) is 5.86. The smallest absolute Gasteiger partial charge is 0.140 e. The van der Waals surface area contributed by atoms with Crippen LogP contribution in [0, 0.1) is 11.8 Å². The second-order valence-corrected chi connectivity index (χ2v) is 7.77. The van der Waals surface area contributed by atoms with Crippen molar-refractivity contribution < 1.29 is 9.59 Å². The summed E-state index contributed by atoms with van der Waals surface area (Å²) in [5, 5.41) is 11.5. The molecule has 25 heavy (non-hydrogen) atoms. The van der Waals surface area contributed by atoms with Gasteiger partial charge in [0.1, 0.15) is 12.1 Å². The number of rotatable bonds is 2. The van der Waals surface area contributed by atoms with E-state index in [4.69, 9.17) is 0 Å². The molecule has 128 valence electrons. The standard InChI is InChI=1S/C23H26NO/c1-24(16-8-2-9-17-24)18-10-7-15-23(25)21-13-5-3-11-19(21)20-12-4-6-14-22(20)23/h3-6,11-14,25H,2,8-9,15-18H2,1H3/q+1. The second-order valence-electron chi connectivity index (χ2n) is 7.77. The molecule has 0 atom stereocenters. The maximum absolute atomic E-state index is 11.5. The van der Waals surface area contributed by atoms with Crippen LogP contribution in [0.15, 0.2) is 48.5 Å². The molecule has 1 heterocycles. The lowest BCUT2D eigenvalue weighted by atomic mass is 9.88. The number of benzene rings is 2. The predicted molar refractivity (Wildman–Crippen MR) is 102 cm³/mol. The van der Waals surface area contributed by atoms with E-state index in [0.717, 1.165) is 33.3 Å². The summed E-state index contributed by atoms with van der Waals surface area (Å²) in [7, 11) is 2.31. The quantitative estimate of drug-likeness (QED) is 0.653. The molecule has 1 fully saturated rings. The fourth-order valence-electron chi connectivity index (χ4n) is 4.36. The summed E-state index contributed by atoms with van der Waals surface area (Å²) in [6.07, 6.45) is 4.43. The van der Waals surface area contributed by atoms with Crippen LogP contribution in [0.4, 0.5) is 0 Å². The van der Waals surface area contributed by atoms with E-state index in [2.05, 4.69) is 31.0 Å². The van der Waals surface area contributed by atoms with Gasteiger partial charge in [-0.15, -0.1) is 0 Å². The molecule has 0 spiro atoms. The Morgan fingerprint density at radius 1 is 0.880 bits per heavy atom. The largest absolute Gasteiger partial charge is 0.379 e. The molecule has 2 heteroatoms. The number of hydrogen-bond donors (Lipinski definition) is 1. The van der Waals surface area contributed by atoms with Gasteiger partial charge < -0.3 is 9.59 Å². The Hall–Kier alpha value is -2.08. The molecule has 1 saturated heterocycles. The monoisotopic (exact) mass is 332 g/mol. The Bertz CT molecular complexity index is 791. The molecule has 4 rings (SSSR count). The summed E-state index contributed by atoms with van der Waals surface area (Å²) in [5.41, 5.74) is 3.27. The zero-order valence-electron chi connectivity index (χ0n) is 15.0. The molecule has 2 aromatic rings. The zero-order chi connectivity index (χ0) is 17.3. The molecule has 0 radical (unpaired) electrons. The van der Waals surface area contributed by atoms with Crippen LogP contribution in [-0.4, -0.2) is 36.3 Å². The number of hydrogen-bond acceptors (Lipinski definition) is 1. The van der Waals surface area contributed by atoms with Crippen LogP contribution in [0.2, 0.25) is 0 Å². The average molecular weight is 332 g/mol. The SMILES string of the molecule is C[N+]1(CC#CCC2(O)c3ccccc3-c3ccccc32)CCCCC1. The van der Waals surface area contributed by atoms with Gasteiger partial charge in [0, 0.05) is 6.42 Å². The minimum absolute atomic E-state index is 0.459. The highest BCUT2D eigenvalue weighted by Gasteiger charge is 2.40. The average Bonchev–Trinajstić information content (AvgIpc) is 2.90. The van der Waals surface area contributed by atoms with Gasteiger partial charge in [0.05, 0.1) is 20.1 Å². The Kier molecular flexibility index (Phi) is 4.15. The first-order valence-corrected chi connectivity index (χ1v) is 9.33. The van der Waals surface area contributed by atoms with E-state index in [1.165, 1.54) is 32.4 Å². The van der Waals surface area contributed by atoms with Crippen LogP contribution in [-0.2, 0) is 5.60 Å². The first-order valence-electron chi connectivity index (χ1n) is 9.33. The van der Waals surface area contributed by atoms with Gasteiger partial charge in [-0.25, -0.2) is 0 Å². The van der Waals surface area contributed by atoms with E-state index in [0.29, 0.717) is 6.42 Å². The first-order chi connectivity index (χ1) is 12.1. The fraction of sp³-hybridized carbons (Fsp3) is 0.391. The predicted octanol–water partition coefficient (Wildman–Crippen LogP) is 3.93. The summed E-state index contributed by atoms with van der Waals surface area (Å²) in [6, 6.07) is 16.3. The second kappa shape index (κ2) is 6.33. The van der Waals surface area contributed by atoms with Crippen molar-refractivity contribution >= 4 is 0 Å². The Morgan fingerprint density at radius 2 is 1.44 bits per heavy atom. The molecule has 0 saturated carbocycles. The minimum Gasteiger partial charge on any atom is -0.379 e. The molecule has 0 amide bonds. The van der Waals surface area contributed by atoms with Gasteiger partial charge in [0.25, 0.3) is 0 Å². The van der Waals surface area contributed by atoms with E-state index in [9.17, 15) is 5.11 Å². The summed E-state index contributed by atoms with van der Waals surface area (Å²) in [6.45, 7) is 3.34. The van der Waals surface area contributed by atoms with Gasteiger partial charge in [0.2, 0.25) is 0 Å². The van der Waals surface area contributed by atoms with Crippen molar-refractivity contribution in [3.63, 3.8) is 0 Å².